The van der Waals surface area contributed by atoms with Crippen molar-refractivity contribution in [3.8, 4) is 5.75 Å². The first-order chi connectivity index (χ1) is 11.6. The number of nitrogens with zero attached hydrogens (tertiary/aromatic N) is 1. The maximum absolute atomic E-state index is 12.0. The standard InChI is InChI=1S/C19H25N3O2/c1-22(2)18(16-9-11-17(24-3)12-10-16)14-21-19(23)20-13-15-7-5-4-6-8-15/h4-12,18H,13-14H2,1-3H3,(H2,20,21,23). The summed E-state index contributed by atoms with van der Waals surface area (Å²) in [4.78, 5) is 14.1. The van der Waals surface area contributed by atoms with Crippen LogP contribution in [0.4, 0.5) is 4.79 Å². The maximum Gasteiger partial charge on any atom is 0.315 e. The fourth-order valence-corrected chi connectivity index (χ4v) is 2.45. The largest absolute Gasteiger partial charge is 0.497 e. The number of ether oxygens (including phenoxy) is 1. The highest BCUT2D eigenvalue weighted by Crippen LogP contribution is 2.20. The van der Waals surface area contributed by atoms with Gasteiger partial charge in [-0.25, -0.2) is 4.79 Å². The molecule has 0 spiro atoms. The second-order valence-electron chi connectivity index (χ2n) is 5.80. The first-order valence-corrected chi connectivity index (χ1v) is 7.96. The van der Waals surface area contributed by atoms with E-state index in [0.717, 1.165) is 16.9 Å². The minimum absolute atomic E-state index is 0.0957. The molecule has 2 aromatic rings. The van der Waals surface area contributed by atoms with Gasteiger partial charge in [-0.3, -0.25) is 0 Å². The lowest BCUT2D eigenvalue weighted by atomic mass is 10.1. The van der Waals surface area contributed by atoms with Crippen LogP contribution in [0.2, 0.25) is 0 Å². The lowest BCUT2D eigenvalue weighted by Gasteiger charge is -2.25. The molecule has 0 aliphatic heterocycles. The van der Waals surface area contributed by atoms with E-state index in [-0.39, 0.29) is 12.1 Å². The summed E-state index contributed by atoms with van der Waals surface area (Å²) in [6.45, 7) is 1.04. The zero-order valence-electron chi connectivity index (χ0n) is 14.5. The molecule has 0 bridgehead atoms. The molecule has 0 saturated carbocycles. The van der Waals surface area contributed by atoms with Crippen LogP contribution in [-0.2, 0) is 6.54 Å². The Morgan fingerprint density at radius 2 is 1.71 bits per heavy atom. The van der Waals surface area contributed by atoms with Crippen molar-refractivity contribution in [1.29, 1.82) is 0 Å². The summed E-state index contributed by atoms with van der Waals surface area (Å²) in [5.41, 5.74) is 2.20. The van der Waals surface area contributed by atoms with Gasteiger partial charge in [0.25, 0.3) is 0 Å². The molecule has 2 rings (SSSR count). The Kier molecular flexibility index (Phi) is 6.63. The number of amides is 2. The van der Waals surface area contributed by atoms with Crippen LogP contribution >= 0.6 is 0 Å². The van der Waals surface area contributed by atoms with Crippen molar-refractivity contribution in [3.63, 3.8) is 0 Å². The number of hydrogen-bond donors (Lipinski definition) is 2. The van der Waals surface area contributed by atoms with Crippen molar-refractivity contribution in [2.24, 2.45) is 0 Å². The fraction of sp³-hybridized carbons (Fsp3) is 0.316. The molecule has 0 radical (unpaired) electrons. The molecule has 0 fully saturated rings. The van der Waals surface area contributed by atoms with E-state index >= 15 is 0 Å². The number of carbonyl (C=O) groups is 1. The van der Waals surface area contributed by atoms with Crippen molar-refractivity contribution in [2.45, 2.75) is 12.6 Å². The summed E-state index contributed by atoms with van der Waals surface area (Å²) >= 11 is 0. The molecular weight excluding hydrogens is 302 g/mol. The Balaban J connectivity index is 1.87. The van der Waals surface area contributed by atoms with Crippen LogP contribution in [0.25, 0.3) is 0 Å². The van der Waals surface area contributed by atoms with Gasteiger partial charge < -0.3 is 20.3 Å². The summed E-state index contributed by atoms with van der Waals surface area (Å²) in [6, 6.07) is 17.7. The minimum Gasteiger partial charge on any atom is -0.497 e. The average Bonchev–Trinajstić information content (AvgIpc) is 2.61. The van der Waals surface area contributed by atoms with Crippen LogP contribution in [-0.4, -0.2) is 38.7 Å². The van der Waals surface area contributed by atoms with Crippen LogP contribution in [0.1, 0.15) is 17.2 Å². The zero-order chi connectivity index (χ0) is 17.4. The highest BCUT2D eigenvalue weighted by atomic mass is 16.5. The third kappa shape index (κ3) is 5.28. The number of benzene rings is 2. The topological polar surface area (TPSA) is 53.6 Å². The van der Waals surface area contributed by atoms with Gasteiger partial charge in [0.05, 0.1) is 13.2 Å². The monoisotopic (exact) mass is 327 g/mol. The van der Waals surface area contributed by atoms with Gasteiger partial charge in [0, 0.05) is 13.1 Å². The van der Waals surface area contributed by atoms with E-state index < -0.39 is 0 Å². The van der Waals surface area contributed by atoms with Gasteiger partial charge in [-0.2, -0.15) is 0 Å². The lowest BCUT2D eigenvalue weighted by Crippen LogP contribution is -2.40. The number of rotatable bonds is 7. The quantitative estimate of drug-likeness (QED) is 0.822. The molecule has 0 aliphatic carbocycles. The van der Waals surface area contributed by atoms with Crippen LogP contribution in [0, 0.1) is 0 Å². The summed E-state index contributed by atoms with van der Waals surface area (Å²) in [5, 5.41) is 5.81. The Bertz CT molecular complexity index is 627. The van der Waals surface area contributed by atoms with Crippen LogP contribution in [0.3, 0.4) is 0 Å². The van der Waals surface area contributed by atoms with E-state index in [1.54, 1.807) is 7.11 Å². The molecule has 2 aromatic carbocycles. The molecule has 1 unspecified atom stereocenters. The van der Waals surface area contributed by atoms with Crippen molar-refractivity contribution in [3.05, 3.63) is 65.7 Å². The third-order valence-corrected chi connectivity index (χ3v) is 3.88. The predicted molar refractivity (Wildman–Crippen MR) is 96.1 cm³/mol. The second kappa shape index (κ2) is 8.93. The number of methoxy groups -OCH3 is 1. The van der Waals surface area contributed by atoms with Crippen molar-refractivity contribution < 1.29 is 9.53 Å². The van der Waals surface area contributed by atoms with E-state index in [9.17, 15) is 4.79 Å². The van der Waals surface area contributed by atoms with E-state index in [0.29, 0.717) is 13.1 Å². The first-order valence-electron chi connectivity index (χ1n) is 7.96. The summed E-state index contributed by atoms with van der Waals surface area (Å²) in [6.07, 6.45) is 0. The SMILES string of the molecule is COc1ccc(C(CNC(=O)NCc2ccccc2)N(C)C)cc1. The Morgan fingerprint density at radius 1 is 1.04 bits per heavy atom. The lowest BCUT2D eigenvalue weighted by molar-refractivity contribution is 0.232. The van der Waals surface area contributed by atoms with Crippen molar-refractivity contribution in [1.82, 2.24) is 15.5 Å². The first kappa shape index (κ1) is 17.8. The molecule has 5 nitrogen and oxygen atoms in total. The van der Waals surface area contributed by atoms with E-state index in [4.69, 9.17) is 4.74 Å². The van der Waals surface area contributed by atoms with Crippen LogP contribution in [0.5, 0.6) is 5.75 Å². The molecule has 0 aromatic heterocycles. The van der Waals surface area contributed by atoms with Crippen molar-refractivity contribution >= 4 is 6.03 Å². The van der Waals surface area contributed by atoms with Gasteiger partial charge in [0.2, 0.25) is 0 Å². The molecule has 0 heterocycles. The Morgan fingerprint density at radius 3 is 2.29 bits per heavy atom. The van der Waals surface area contributed by atoms with Gasteiger partial charge in [0.1, 0.15) is 5.75 Å². The molecule has 128 valence electrons. The minimum atomic E-state index is -0.167. The highest BCUT2D eigenvalue weighted by molar-refractivity contribution is 5.73. The fourth-order valence-electron chi connectivity index (χ4n) is 2.45. The van der Waals surface area contributed by atoms with E-state index in [1.807, 2.05) is 68.7 Å². The van der Waals surface area contributed by atoms with Gasteiger partial charge in [0.15, 0.2) is 0 Å². The summed E-state index contributed by atoms with van der Waals surface area (Å²) < 4.78 is 5.19. The number of likely N-dealkylation sites (N-methyl/N-ethyl adjacent to an activating group) is 1. The molecule has 1 atom stereocenters. The van der Waals surface area contributed by atoms with Crippen molar-refractivity contribution in [2.75, 3.05) is 27.7 Å². The number of nitrogens with one attached hydrogen (secondary N) is 2. The van der Waals surface area contributed by atoms with Gasteiger partial charge in [-0.15, -0.1) is 0 Å². The van der Waals surface area contributed by atoms with Crippen LogP contribution < -0.4 is 15.4 Å². The third-order valence-electron chi connectivity index (χ3n) is 3.88. The molecule has 0 saturated heterocycles. The summed E-state index contributed by atoms with van der Waals surface area (Å²) in [7, 11) is 5.65. The van der Waals surface area contributed by atoms with Gasteiger partial charge in [-0.05, 0) is 37.4 Å². The van der Waals surface area contributed by atoms with Gasteiger partial charge >= 0.3 is 6.03 Å². The normalized spacial score (nSPS) is 11.8. The van der Waals surface area contributed by atoms with Gasteiger partial charge in [-0.1, -0.05) is 42.5 Å². The molecule has 24 heavy (non-hydrogen) atoms. The number of urea groups is 1. The Hall–Kier alpha value is -2.53. The average molecular weight is 327 g/mol. The molecular formula is C19H25N3O2. The number of carbonyl (C=O) groups excluding carboxylic acids is 1. The van der Waals surface area contributed by atoms with E-state index in [2.05, 4.69) is 15.5 Å². The Labute approximate surface area is 143 Å². The maximum atomic E-state index is 12.0. The van der Waals surface area contributed by atoms with E-state index in [1.165, 1.54) is 0 Å². The van der Waals surface area contributed by atoms with Crippen LogP contribution in [0.15, 0.2) is 54.6 Å². The zero-order valence-corrected chi connectivity index (χ0v) is 14.5. The molecule has 2 N–H and O–H groups in total. The molecule has 2 amide bonds. The highest BCUT2D eigenvalue weighted by Gasteiger charge is 2.15. The molecule has 0 aliphatic rings. The summed E-state index contributed by atoms with van der Waals surface area (Å²) in [5.74, 6) is 0.824. The number of hydrogen-bond acceptors (Lipinski definition) is 3. The second-order valence-corrected chi connectivity index (χ2v) is 5.80. The molecule has 5 heteroatoms. The predicted octanol–water partition coefficient (Wildman–Crippen LogP) is 2.80. The smallest absolute Gasteiger partial charge is 0.315 e.